The van der Waals surface area contributed by atoms with Crippen LogP contribution in [0, 0.1) is 0 Å². The van der Waals surface area contributed by atoms with Gasteiger partial charge in [-0.15, -0.1) is 0 Å². The number of aliphatic hydroxyl groups excluding tert-OH is 1. The molecule has 5 nitrogen and oxygen atoms in total. The number of methoxy groups -OCH3 is 2. The average molecular weight is 459 g/mol. The lowest BCUT2D eigenvalue weighted by molar-refractivity contribution is 0.271. The van der Waals surface area contributed by atoms with E-state index >= 15 is 0 Å². The monoisotopic (exact) mass is 458 g/mol. The quantitative estimate of drug-likeness (QED) is 0.482. The summed E-state index contributed by atoms with van der Waals surface area (Å²) in [5, 5.41) is 9.34. The average Bonchev–Trinajstić information content (AvgIpc) is 2.77. The minimum absolute atomic E-state index is 0.0725. The maximum atomic E-state index is 9.34. The molecule has 0 saturated carbocycles. The summed E-state index contributed by atoms with van der Waals surface area (Å²) in [6.07, 6.45) is 0. The van der Waals surface area contributed by atoms with Crippen LogP contribution in [0.4, 0.5) is 0 Å². The van der Waals surface area contributed by atoms with E-state index in [1.165, 1.54) is 0 Å². The first-order valence-electron chi connectivity index (χ1n) is 9.08. The summed E-state index contributed by atoms with van der Waals surface area (Å²) in [7, 11) is 3.18. The second-order valence-corrected chi connectivity index (χ2v) is 7.17. The Balaban J connectivity index is 1.71. The van der Waals surface area contributed by atoms with Crippen LogP contribution in [0.1, 0.15) is 16.7 Å². The van der Waals surface area contributed by atoms with E-state index in [1.807, 2.05) is 48.5 Å². The summed E-state index contributed by atoms with van der Waals surface area (Å²) in [5.74, 6) is 2.45. The lowest BCUT2D eigenvalue weighted by atomic mass is 10.2. The normalized spacial score (nSPS) is 10.5. The minimum atomic E-state index is -0.0725. The second-order valence-electron chi connectivity index (χ2n) is 6.32. The highest BCUT2D eigenvalue weighted by atomic mass is 79.9. The van der Waals surface area contributed by atoms with Crippen molar-refractivity contribution in [2.45, 2.75) is 19.8 Å². The zero-order valence-corrected chi connectivity index (χ0v) is 17.9. The lowest BCUT2D eigenvalue weighted by Crippen LogP contribution is -2.02. The van der Waals surface area contributed by atoms with Gasteiger partial charge in [0.1, 0.15) is 13.2 Å². The van der Waals surface area contributed by atoms with E-state index in [1.54, 1.807) is 26.4 Å². The van der Waals surface area contributed by atoms with Gasteiger partial charge in [0.2, 0.25) is 0 Å². The van der Waals surface area contributed by atoms with E-state index in [-0.39, 0.29) is 6.61 Å². The first kappa shape index (κ1) is 21.0. The van der Waals surface area contributed by atoms with E-state index in [2.05, 4.69) is 15.9 Å². The highest BCUT2D eigenvalue weighted by Crippen LogP contribution is 2.37. The summed E-state index contributed by atoms with van der Waals surface area (Å²) in [5.41, 5.74) is 2.75. The summed E-state index contributed by atoms with van der Waals surface area (Å²) >= 11 is 3.47. The fourth-order valence-corrected chi connectivity index (χ4v) is 3.42. The van der Waals surface area contributed by atoms with Crippen molar-refractivity contribution in [3.05, 3.63) is 81.8 Å². The molecule has 3 rings (SSSR count). The van der Waals surface area contributed by atoms with Gasteiger partial charge in [0, 0.05) is 0 Å². The predicted octanol–water partition coefficient (Wildman–Crippen LogP) is 5.12. The molecule has 0 aliphatic heterocycles. The maximum absolute atomic E-state index is 9.34. The summed E-state index contributed by atoms with van der Waals surface area (Å²) < 4.78 is 23.4. The van der Waals surface area contributed by atoms with Gasteiger partial charge in [-0.05, 0) is 56.9 Å². The Labute approximate surface area is 178 Å². The zero-order valence-electron chi connectivity index (χ0n) is 16.4. The third-order valence-electron chi connectivity index (χ3n) is 4.32. The standard InChI is InChI=1S/C23H23BrO5/c1-26-21-11-17(8-9-20(21)28-14-16-6-4-3-5-7-16)15-29-23-19(24)10-18(13-25)12-22(23)27-2/h3-12,25H,13-15H2,1-2H3. The van der Waals surface area contributed by atoms with Crippen molar-refractivity contribution in [2.75, 3.05) is 14.2 Å². The van der Waals surface area contributed by atoms with Gasteiger partial charge in [-0.2, -0.15) is 0 Å². The number of rotatable bonds is 9. The van der Waals surface area contributed by atoms with E-state index in [4.69, 9.17) is 18.9 Å². The van der Waals surface area contributed by atoms with Crippen LogP contribution in [-0.4, -0.2) is 19.3 Å². The third-order valence-corrected chi connectivity index (χ3v) is 4.91. The first-order chi connectivity index (χ1) is 14.1. The number of ether oxygens (including phenoxy) is 4. The molecule has 0 spiro atoms. The molecule has 0 radical (unpaired) electrons. The SMILES string of the molecule is COc1cc(COc2c(Br)cc(CO)cc2OC)ccc1OCc1ccccc1. The molecule has 0 atom stereocenters. The van der Waals surface area contributed by atoms with Crippen LogP contribution in [0.2, 0.25) is 0 Å². The van der Waals surface area contributed by atoms with Crippen LogP contribution in [0.15, 0.2) is 65.1 Å². The van der Waals surface area contributed by atoms with Crippen molar-refractivity contribution >= 4 is 15.9 Å². The van der Waals surface area contributed by atoms with Gasteiger partial charge in [-0.1, -0.05) is 36.4 Å². The number of halogens is 1. The molecule has 0 aliphatic rings. The number of aliphatic hydroxyl groups is 1. The molecule has 0 amide bonds. The van der Waals surface area contributed by atoms with Crippen molar-refractivity contribution in [3.63, 3.8) is 0 Å². The molecule has 0 aromatic heterocycles. The summed E-state index contributed by atoms with van der Waals surface area (Å²) in [6, 6.07) is 19.2. The lowest BCUT2D eigenvalue weighted by Gasteiger charge is -2.15. The van der Waals surface area contributed by atoms with Crippen molar-refractivity contribution in [2.24, 2.45) is 0 Å². The molecular weight excluding hydrogens is 436 g/mol. The molecule has 0 saturated heterocycles. The Morgan fingerprint density at radius 2 is 1.41 bits per heavy atom. The van der Waals surface area contributed by atoms with Crippen LogP contribution < -0.4 is 18.9 Å². The molecule has 6 heteroatoms. The van der Waals surface area contributed by atoms with Gasteiger partial charge >= 0.3 is 0 Å². The molecule has 0 unspecified atom stereocenters. The van der Waals surface area contributed by atoms with E-state index in [0.29, 0.717) is 36.2 Å². The fourth-order valence-electron chi connectivity index (χ4n) is 2.82. The van der Waals surface area contributed by atoms with Crippen molar-refractivity contribution in [1.29, 1.82) is 0 Å². The van der Waals surface area contributed by atoms with E-state index in [9.17, 15) is 5.11 Å². The molecule has 0 bridgehead atoms. The molecule has 29 heavy (non-hydrogen) atoms. The predicted molar refractivity (Wildman–Crippen MR) is 115 cm³/mol. The Morgan fingerprint density at radius 3 is 2.10 bits per heavy atom. The highest BCUT2D eigenvalue weighted by molar-refractivity contribution is 9.10. The Morgan fingerprint density at radius 1 is 0.724 bits per heavy atom. The van der Waals surface area contributed by atoms with Crippen molar-refractivity contribution in [3.8, 4) is 23.0 Å². The van der Waals surface area contributed by atoms with Crippen molar-refractivity contribution < 1.29 is 24.1 Å². The molecule has 0 fully saturated rings. The molecule has 0 heterocycles. The molecule has 3 aromatic carbocycles. The van der Waals surface area contributed by atoms with Crippen LogP contribution in [-0.2, 0) is 19.8 Å². The summed E-state index contributed by atoms with van der Waals surface area (Å²) in [4.78, 5) is 0. The highest BCUT2D eigenvalue weighted by Gasteiger charge is 2.13. The van der Waals surface area contributed by atoms with Gasteiger partial charge in [0.05, 0.1) is 25.3 Å². The van der Waals surface area contributed by atoms with Crippen LogP contribution >= 0.6 is 15.9 Å². The summed E-state index contributed by atoms with van der Waals surface area (Å²) in [6.45, 7) is 0.716. The second kappa shape index (κ2) is 10.2. The third kappa shape index (κ3) is 5.43. The van der Waals surface area contributed by atoms with E-state index < -0.39 is 0 Å². The van der Waals surface area contributed by atoms with Gasteiger partial charge in [-0.25, -0.2) is 0 Å². The minimum Gasteiger partial charge on any atom is -0.493 e. The van der Waals surface area contributed by atoms with Gasteiger partial charge < -0.3 is 24.1 Å². The molecule has 3 aromatic rings. The zero-order chi connectivity index (χ0) is 20.6. The smallest absolute Gasteiger partial charge is 0.175 e. The number of benzene rings is 3. The molecule has 1 N–H and O–H groups in total. The molecule has 152 valence electrons. The Bertz CT molecular complexity index is 943. The molecule has 0 aliphatic carbocycles. The largest absolute Gasteiger partial charge is 0.493 e. The molecular formula is C23H23BrO5. The van der Waals surface area contributed by atoms with Gasteiger partial charge in [0.15, 0.2) is 23.0 Å². The van der Waals surface area contributed by atoms with Crippen LogP contribution in [0.25, 0.3) is 0 Å². The fraction of sp³-hybridized carbons (Fsp3) is 0.217. The van der Waals surface area contributed by atoms with Crippen molar-refractivity contribution in [1.82, 2.24) is 0 Å². The van der Waals surface area contributed by atoms with E-state index in [0.717, 1.165) is 21.2 Å². The Kier molecular flexibility index (Phi) is 7.38. The van der Waals surface area contributed by atoms with Crippen LogP contribution in [0.3, 0.4) is 0 Å². The first-order valence-corrected chi connectivity index (χ1v) is 9.87. The Hall–Kier alpha value is -2.70. The topological polar surface area (TPSA) is 57.2 Å². The number of hydrogen-bond acceptors (Lipinski definition) is 5. The van der Waals surface area contributed by atoms with Gasteiger partial charge in [0.25, 0.3) is 0 Å². The van der Waals surface area contributed by atoms with Crippen LogP contribution in [0.5, 0.6) is 23.0 Å². The number of hydrogen-bond donors (Lipinski definition) is 1. The van der Waals surface area contributed by atoms with Gasteiger partial charge in [-0.3, -0.25) is 0 Å². The maximum Gasteiger partial charge on any atom is 0.175 e.